The van der Waals surface area contributed by atoms with Crippen molar-refractivity contribution in [1.82, 2.24) is 14.3 Å². The summed E-state index contributed by atoms with van der Waals surface area (Å²) in [7, 11) is 3.15. The van der Waals surface area contributed by atoms with Gasteiger partial charge in [-0.15, -0.1) is 0 Å². The highest BCUT2D eigenvalue weighted by Crippen LogP contribution is 2.47. The zero-order valence-corrected chi connectivity index (χ0v) is 16.8. The minimum atomic E-state index is -1.16. The lowest BCUT2D eigenvalue weighted by Crippen LogP contribution is -2.58. The molecular formula is C20H18N4O4S. The van der Waals surface area contributed by atoms with Gasteiger partial charge in [-0.1, -0.05) is 29.5 Å². The Morgan fingerprint density at radius 3 is 2.90 bits per heavy atom. The molecule has 3 aromatic rings. The van der Waals surface area contributed by atoms with Gasteiger partial charge in [-0.2, -0.15) is 5.10 Å². The van der Waals surface area contributed by atoms with E-state index in [0.717, 1.165) is 11.1 Å². The van der Waals surface area contributed by atoms with Crippen LogP contribution in [0.1, 0.15) is 24.1 Å². The molecule has 9 heteroatoms. The lowest BCUT2D eigenvalue weighted by Gasteiger charge is -2.44. The van der Waals surface area contributed by atoms with Crippen LogP contribution >= 0.6 is 11.3 Å². The van der Waals surface area contributed by atoms with Gasteiger partial charge in [0.15, 0.2) is 4.80 Å². The number of para-hydroxylation sites is 1. The van der Waals surface area contributed by atoms with Crippen LogP contribution in [-0.4, -0.2) is 33.2 Å². The van der Waals surface area contributed by atoms with Gasteiger partial charge in [0.25, 0.3) is 5.56 Å². The molecule has 5 rings (SSSR count). The van der Waals surface area contributed by atoms with Crippen LogP contribution in [0.15, 0.2) is 46.4 Å². The van der Waals surface area contributed by atoms with Crippen molar-refractivity contribution < 1.29 is 14.3 Å². The third-order valence-electron chi connectivity index (χ3n) is 5.36. The van der Waals surface area contributed by atoms with Crippen molar-refractivity contribution in [2.45, 2.75) is 18.7 Å². The summed E-state index contributed by atoms with van der Waals surface area (Å²) < 4.78 is 15.0. The maximum absolute atomic E-state index is 13.4. The van der Waals surface area contributed by atoms with E-state index in [4.69, 9.17) is 14.5 Å². The Morgan fingerprint density at radius 1 is 1.38 bits per heavy atom. The second-order valence-corrected chi connectivity index (χ2v) is 8.28. The third kappa shape index (κ3) is 2.57. The highest BCUT2D eigenvalue weighted by atomic mass is 32.1. The molecular weight excluding hydrogens is 392 g/mol. The van der Waals surface area contributed by atoms with Crippen molar-refractivity contribution in [1.29, 1.82) is 0 Å². The number of rotatable bonds is 2. The fraction of sp³-hybridized carbons (Fsp3) is 0.300. The summed E-state index contributed by atoms with van der Waals surface area (Å²) in [5.41, 5.74) is 0.230. The van der Waals surface area contributed by atoms with Gasteiger partial charge < -0.3 is 9.47 Å². The number of nitrogens with zero attached hydrogens (tertiary/aromatic N) is 4. The Labute approximate surface area is 169 Å². The summed E-state index contributed by atoms with van der Waals surface area (Å²) in [5.74, 6) is -0.615. The zero-order chi connectivity index (χ0) is 20.3. The molecule has 0 fully saturated rings. The fourth-order valence-electron chi connectivity index (χ4n) is 4.10. The lowest BCUT2D eigenvalue weighted by atomic mass is 9.81. The smallest absolute Gasteiger partial charge is 0.317 e. The molecule has 4 heterocycles. The number of thiazole rings is 1. The van der Waals surface area contributed by atoms with Crippen LogP contribution in [0.25, 0.3) is 6.08 Å². The predicted molar refractivity (Wildman–Crippen MR) is 105 cm³/mol. The van der Waals surface area contributed by atoms with E-state index in [1.807, 2.05) is 37.5 Å². The van der Waals surface area contributed by atoms with E-state index >= 15 is 0 Å². The second kappa shape index (κ2) is 6.15. The molecule has 1 aromatic carbocycles. The fourth-order valence-corrected chi connectivity index (χ4v) is 5.20. The number of carbonyl (C=O) groups excluding carboxylic acids is 1. The van der Waals surface area contributed by atoms with Gasteiger partial charge in [0.05, 0.1) is 23.9 Å². The van der Waals surface area contributed by atoms with Gasteiger partial charge >= 0.3 is 5.97 Å². The highest BCUT2D eigenvalue weighted by Gasteiger charge is 2.55. The van der Waals surface area contributed by atoms with E-state index in [2.05, 4.69) is 5.10 Å². The molecule has 0 saturated carbocycles. The molecule has 2 aromatic heterocycles. The Balaban J connectivity index is 1.81. The third-order valence-corrected chi connectivity index (χ3v) is 6.34. The molecule has 0 spiro atoms. The number of aryl methyl sites for hydroxylation is 1. The Hall–Kier alpha value is -3.20. The zero-order valence-electron chi connectivity index (χ0n) is 16.0. The first-order valence-electron chi connectivity index (χ1n) is 9.08. The summed E-state index contributed by atoms with van der Waals surface area (Å²) in [6, 6.07) is 6.87. The van der Waals surface area contributed by atoms with Crippen LogP contribution in [-0.2, 0) is 16.6 Å². The van der Waals surface area contributed by atoms with Crippen LogP contribution in [0.4, 0.5) is 0 Å². The van der Waals surface area contributed by atoms with Crippen LogP contribution < -0.4 is 19.6 Å². The molecule has 0 N–H and O–H groups in total. The molecule has 0 aliphatic carbocycles. The van der Waals surface area contributed by atoms with E-state index in [-0.39, 0.29) is 5.56 Å². The first-order chi connectivity index (χ1) is 13.9. The monoisotopic (exact) mass is 410 g/mol. The summed E-state index contributed by atoms with van der Waals surface area (Å²) in [5, 5.41) is 4.14. The van der Waals surface area contributed by atoms with E-state index in [9.17, 15) is 9.59 Å². The normalized spacial score (nSPS) is 24.9. The van der Waals surface area contributed by atoms with Crippen molar-refractivity contribution in [2.75, 3.05) is 7.11 Å². The molecule has 148 valence electrons. The molecule has 0 amide bonds. The highest BCUT2D eigenvalue weighted by molar-refractivity contribution is 7.07. The Morgan fingerprint density at radius 2 is 2.17 bits per heavy atom. The number of fused-ring (bicyclic) bond motifs is 6. The molecule has 0 saturated heterocycles. The largest absolute Gasteiger partial charge is 0.469 e. The molecule has 2 aliphatic heterocycles. The molecule has 3 atom stereocenters. The number of aromatic nitrogens is 3. The topological polar surface area (TPSA) is 87.7 Å². The van der Waals surface area contributed by atoms with Gasteiger partial charge in [-0.05, 0) is 19.1 Å². The molecule has 0 radical (unpaired) electrons. The minimum Gasteiger partial charge on any atom is -0.469 e. The summed E-state index contributed by atoms with van der Waals surface area (Å²) in [6.07, 6.45) is 5.30. The molecule has 29 heavy (non-hydrogen) atoms. The van der Waals surface area contributed by atoms with Gasteiger partial charge in [0, 0.05) is 24.4 Å². The quantitative estimate of drug-likeness (QED) is 0.577. The van der Waals surface area contributed by atoms with Crippen molar-refractivity contribution in [3.05, 3.63) is 67.5 Å². The Bertz CT molecular complexity index is 1320. The van der Waals surface area contributed by atoms with Crippen molar-refractivity contribution in [2.24, 2.45) is 18.0 Å². The number of ether oxygens (including phenoxy) is 2. The number of carbonyl (C=O) groups is 1. The summed E-state index contributed by atoms with van der Waals surface area (Å²) in [4.78, 5) is 31.3. The van der Waals surface area contributed by atoms with Gasteiger partial charge in [-0.3, -0.25) is 18.8 Å². The first kappa shape index (κ1) is 17.9. The van der Waals surface area contributed by atoms with Gasteiger partial charge in [-0.25, -0.2) is 4.99 Å². The predicted octanol–water partition coefficient (Wildman–Crippen LogP) is 0.592. The van der Waals surface area contributed by atoms with Crippen LogP contribution in [0.3, 0.4) is 0 Å². The van der Waals surface area contributed by atoms with Crippen molar-refractivity contribution in [3.63, 3.8) is 0 Å². The first-order valence-corrected chi connectivity index (χ1v) is 9.90. The SMILES string of the molecule is COC(=O)[C@H]1[C@H]2c3ccccc3O[C@@]1(C)N=c1s/c(=C/c3cnn(C)c3)c(=O)n12. The number of hydrogen-bond acceptors (Lipinski definition) is 7. The van der Waals surface area contributed by atoms with Crippen LogP contribution in [0, 0.1) is 5.92 Å². The van der Waals surface area contributed by atoms with Crippen molar-refractivity contribution >= 4 is 23.4 Å². The number of esters is 1. The Kier molecular flexibility index (Phi) is 3.79. The van der Waals surface area contributed by atoms with Crippen LogP contribution in [0.2, 0.25) is 0 Å². The molecule has 0 unspecified atom stereocenters. The van der Waals surface area contributed by atoms with Crippen LogP contribution in [0.5, 0.6) is 5.75 Å². The van der Waals surface area contributed by atoms with E-state index in [1.165, 1.54) is 18.4 Å². The number of methoxy groups -OCH3 is 1. The van der Waals surface area contributed by atoms with E-state index < -0.39 is 23.7 Å². The summed E-state index contributed by atoms with van der Waals surface area (Å²) >= 11 is 1.28. The van der Waals surface area contributed by atoms with Crippen molar-refractivity contribution in [3.8, 4) is 5.75 Å². The lowest BCUT2D eigenvalue weighted by molar-refractivity contribution is -0.158. The van der Waals surface area contributed by atoms with Gasteiger partial charge in [0.2, 0.25) is 5.72 Å². The number of benzene rings is 1. The van der Waals surface area contributed by atoms with E-state index in [1.54, 1.807) is 28.4 Å². The maximum Gasteiger partial charge on any atom is 0.317 e. The molecule has 8 nitrogen and oxygen atoms in total. The average Bonchev–Trinajstić information content (AvgIpc) is 3.23. The minimum absolute atomic E-state index is 0.199. The molecule has 2 aliphatic rings. The van der Waals surface area contributed by atoms with E-state index in [0.29, 0.717) is 15.1 Å². The molecule has 2 bridgehead atoms. The average molecular weight is 410 g/mol. The standard InChI is InChI=1S/C20H18N4O4S/c1-20-15(18(26)27-3)16(12-6-4-5-7-13(12)28-20)24-17(25)14(29-19(24)22-20)8-11-9-21-23(2)10-11/h4-10,15-16H,1-3H3/b14-8+/t15-,16-,20-/m1/s1. The maximum atomic E-state index is 13.4. The van der Waals surface area contributed by atoms with Gasteiger partial charge in [0.1, 0.15) is 11.7 Å². The summed E-state index contributed by atoms with van der Waals surface area (Å²) in [6.45, 7) is 1.76. The second-order valence-electron chi connectivity index (χ2n) is 7.27. The number of hydrogen-bond donors (Lipinski definition) is 0.